The largest absolute Gasteiger partial charge is 0.507 e. The van der Waals surface area contributed by atoms with Crippen LogP contribution in [0.1, 0.15) is 16.8 Å². The first-order valence-electron chi connectivity index (χ1n) is 9.40. The van der Waals surface area contributed by atoms with Crippen LogP contribution in [-0.4, -0.2) is 47.4 Å². The van der Waals surface area contributed by atoms with Gasteiger partial charge in [-0.2, -0.15) is 0 Å². The highest BCUT2D eigenvalue weighted by molar-refractivity contribution is 7.90. The van der Waals surface area contributed by atoms with Crippen LogP contribution in [-0.2, 0) is 34.0 Å². The monoisotopic (exact) mass is 462 g/mol. The molecule has 4 rings (SSSR count). The molecule has 1 amide bonds. The lowest BCUT2D eigenvalue weighted by Crippen LogP contribution is -2.37. The molecule has 1 aromatic heterocycles. The summed E-state index contributed by atoms with van der Waals surface area (Å²) in [6, 6.07) is 8.92. The van der Waals surface area contributed by atoms with E-state index in [-0.39, 0.29) is 51.6 Å². The summed E-state index contributed by atoms with van der Waals surface area (Å²) in [5, 5.41) is 24.0. The number of benzene rings is 2. The molecule has 0 spiro atoms. The van der Waals surface area contributed by atoms with Gasteiger partial charge >= 0.3 is 0 Å². The van der Waals surface area contributed by atoms with Crippen LogP contribution in [0.4, 0.5) is 0 Å². The van der Waals surface area contributed by atoms with Crippen LogP contribution in [0.3, 0.4) is 0 Å². The first-order valence-corrected chi connectivity index (χ1v) is 11.7. The number of rotatable bonds is 4. The van der Waals surface area contributed by atoms with E-state index in [0.29, 0.717) is 29.8 Å². The Balaban J connectivity index is 1.61. The lowest BCUT2D eigenvalue weighted by atomic mass is 10.00. The quantitative estimate of drug-likeness (QED) is 0.611. The number of sulfone groups is 1. The third-order valence-electron chi connectivity index (χ3n) is 5.21. The van der Waals surface area contributed by atoms with Crippen LogP contribution in [0.5, 0.6) is 11.5 Å². The van der Waals surface area contributed by atoms with Crippen molar-refractivity contribution in [2.45, 2.75) is 24.3 Å². The molecule has 2 aromatic carbocycles. The van der Waals surface area contributed by atoms with Gasteiger partial charge in [-0.05, 0) is 17.7 Å². The Hall–Kier alpha value is -3.04. The molecule has 0 atom stereocenters. The van der Waals surface area contributed by atoms with Crippen molar-refractivity contribution in [3.05, 3.63) is 58.2 Å². The highest BCUT2D eigenvalue weighted by Gasteiger charge is 2.29. The van der Waals surface area contributed by atoms with Gasteiger partial charge in [-0.15, -0.1) is 0 Å². The molecule has 1 aliphatic heterocycles. The molecular weight excluding hydrogens is 444 g/mol. The number of amides is 1. The lowest BCUT2D eigenvalue weighted by molar-refractivity contribution is -0.131. The molecule has 0 fully saturated rings. The van der Waals surface area contributed by atoms with E-state index in [9.17, 15) is 23.4 Å². The maximum Gasteiger partial charge on any atom is 0.227 e. The minimum atomic E-state index is -3.46. The van der Waals surface area contributed by atoms with Crippen molar-refractivity contribution in [1.82, 2.24) is 10.1 Å². The molecule has 3 aromatic rings. The Morgan fingerprint density at radius 2 is 1.97 bits per heavy atom. The van der Waals surface area contributed by atoms with E-state index in [1.54, 1.807) is 23.1 Å². The van der Waals surface area contributed by atoms with Crippen LogP contribution in [0, 0.1) is 0 Å². The Labute approximate surface area is 183 Å². The molecule has 0 aliphatic carbocycles. The second-order valence-corrected chi connectivity index (χ2v) is 9.77. The molecule has 10 heteroatoms. The number of fused-ring (bicyclic) bond motifs is 1. The van der Waals surface area contributed by atoms with Gasteiger partial charge in [-0.25, -0.2) is 8.42 Å². The normalized spacial score (nSPS) is 13.8. The highest BCUT2D eigenvalue weighted by Crippen LogP contribution is 2.40. The van der Waals surface area contributed by atoms with E-state index in [1.165, 1.54) is 12.1 Å². The molecule has 2 N–H and O–H groups in total. The predicted molar refractivity (Wildman–Crippen MR) is 113 cm³/mol. The zero-order valence-electron chi connectivity index (χ0n) is 16.5. The summed E-state index contributed by atoms with van der Waals surface area (Å²) in [4.78, 5) is 14.7. The minimum Gasteiger partial charge on any atom is -0.507 e. The molecule has 0 saturated heterocycles. The molecule has 1 aliphatic rings. The highest BCUT2D eigenvalue weighted by atomic mass is 35.5. The lowest BCUT2D eigenvalue weighted by Gasteiger charge is -2.27. The van der Waals surface area contributed by atoms with Crippen LogP contribution >= 0.6 is 11.6 Å². The van der Waals surface area contributed by atoms with Crippen LogP contribution in [0.25, 0.3) is 11.3 Å². The third kappa shape index (κ3) is 4.11. The molecule has 8 nitrogen and oxygen atoms in total. The van der Waals surface area contributed by atoms with Gasteiger partial charge in [0.1, 0.15) is 11.5 Å². The predicted octanol–water partition coefficient (Wildman–Crippen LogP) is 2.94. The molecule has 2 heterocycles. The molecule has 0 unspecified atom stereocenters. The van der Waals surface area contributed by atoms with Crippen molar-refractivity contribution >= 4 is 27.3 Å². The third-order valence-corrected chi connectivity index (χ3v) is 6.71. The molecule has 0 saturated carbocycles. The fourth-order valence-corrected chi connectivity index (χ4v) is 4.76. The number of hydrogen-bond donors (Lipinski definition) is 2. The van der Waals surface area contributed by atoms with Gasteiger partial charge in [-0.1, -0.05) is 35.0 Å². The van der Waals surface area contributed by atoms with Crippen molar-refractivity contribution in [3.8, 4) is 22.8 Å². The van der Waals surface area contributed by atoms with E-state index >= 15 is 0 Å². The van der Waals surface area contributed by atoms with Crippen LogP contribution in [0.2, 0.25) is 5.02 Å². The number of hydrogen-bond acceptors (Lipinski definition) is 7. The number of aromatic hydroxyl groups is 2. The van der Waals surface area contributed by atoms with Crippen molar-refractivity contribution in [2.75, 3.05) is 12.8 Å². The summed E-state index contributed by atoms with van der Waals surface area (Å²) in [7, 11) is -3.46. The Morgan fingerprint density at radius 1 is 1.23 bits per heavy atom. The molecule has 0 radical (unpaired) electrons. The summed E-state index contributed by atoms with van der Waals surface area (Å²) < 4.78 is 29.5. The van der Waals surface area contributed by atoms with Gasteiger partial charge in [0.25, 0.3) is 0 Å². The average molecular weight is 463 g/mol. The van der Waals surface area contributed by atoms with E-state index in [2.05, 4.69) is 5.16 Å². The standard InChI is InChI=1S/C21H19ClN2O6S/c1-31(28,29)19-5-3-2-4-12(19)8-20(27)24-7-6-16-14(11-24)21(30-23-16)13-9-15(22)18(26)10-17(13)25/h2-5,9-10,25-26H,6-8,11H2,1H3. The number of phenols is 2. The number of halogens is 1. The van der Waals surface area contributed by atoms with E-state index in [4.69, 9.17) is 16.1 Å². The Kier molecular flexibility index (Phi) is 5.40. The van der Waals surface area contributed by atoms with Crippen LogP contribution < -0.4 is 0 Å². The SMILES string of the molecule is CS(=O)(=O)c1ccccc1CC(=O)N1CCc2noc(-c3cc(Cl)c(O)cc3O)c2C1. The number of phenolic OH excluding ortho intramolecular Hbond substituents is 2. The molecule has 0 bridgehead atoms. The van der Waals surface area contributed by atoms with E-state index < -0.39 is 9.84 Å². The van der Waals surface area contributed by atoms with Crippen molar-refractivity contribution in [1.29, 1.82) is 0 Å². The first kappa shape index (κ1) is 21.2. The van der Waals surface area contributed by atoms with Crippen molar-refractivity contribution in [2.24, 2.45) is 0 Å². The zero-order valence-corrected chi connectivity index (χ0v) is 18.1. The fraction of sp³-hybridized carbons (Fsp3) is 0.238. The maximum absolute atomic E-state index is 13.0. The summed E-state index contributed by atoms with van der Waals surface area (Å²) >= 11 is 5.97. The zero-order chi connectivity index (χ0) is 22.3. The van der Waals surface area contributed by atoms with Gasteiger partial charge in [0.15, 0.2) is 15.6 Å². The first-order chi connectivity index (χ1) is 14.6. The van der Waals surface area contributed by atoms with E-state index in [1.807, 2.05) is 0 Å². The fourth-order valence-electron chi connectivity index (χ4n) is 3.66. The van der Waals surface area contributed by atoms with Crippen molar-refractivity contribution < 1.29 is 27.9 Å². The number of aromatic nitrogens is 1. The number of carbonyl (C=O) groups excluding carboxylic acids is 1. The Bertz CT molecular complexity index is 1290. The van der Waals surface area contributed by atoms with Crippen LogP contribution in [0.15, 0.2) is 45.8 Å². The molecule has 31 heavy (non-hydrogen) atoms. The molecule has 162 valence electrons. The van der Waals surface area contributed by atoms with Gasteiger partial charge in [0, 0.05) is 30.9 Å². The summed E-state index contributed by atoms with van der Waals surface area (Å²) in [5.41, 5.74) is 2.00. The number of nitrogens with zero attached hydrogens (tertiary/aromatic N) is 2. The maximum atomic E-state index is 13.0. The minimum absolute atomic E-state index is 0.0408. The Morgan fingerprint density at radius 3 is 2.71 bits per heavy atom. The van der Waals surface area contributed by atoms with Gasteiger partial charge < -0.3 is 19.6 Å². The van der Waals surface area contributed by atoms with E-state index in [0.717, 1.165) is 12.3 Å². The molecular formula is C21H19ClN2O6S. The van der Waals surface area contributed by atoms with Gasteiger partial charge in [0.2, 0.25) is 5.91 Å². The van der Waals surface area contributed by atoms with Gasteiger partial charge in [-0.3, -0.25) is 4.79 Å². The van der Waals surface area contributed by atoms with Gasteiger partial charge in [0.05, 0.1) is 34.1 Å². The number of carbonyl (C=O) groups is 1. The summed E-state index contributed by atoms with van der Waals surface area (Å²) in [6.07, 6.45) is 1.50. The summed E-state index contributed by atoms with van der Waals surface area (Å²) in [6.45, 7) is 0.590. The smallest absolute Gasteiger partial charge is 0.227 e. The average Bonchev–Trinajstić information content (AvgIpc) is 3.13. The summed E-state index contributed by atoms with van der Waals surface area (Å²) in [5.74, 6) is -0.464. The van der Waals surface area contributed by atoms with Crippen molar-refractivity contribution in [3.63, 3.8) is 0 Å². The second-order valence-electron chi connectivity index (χ2n) is 7.38. The second kappa shape index (κ2) is 7.90. The topological polar surface area (TPSA) is 121 Å².